The molecule has 3 aromatic rings. The second kappa shape index (κ2) is 11.8. The number of carbonyl (C=O) groups is 2. The molecule has 0 saturated heterocycles. The van der Waals surface area contributed by atoms with Crippen LogP contribution in [0.25, 0.3) is 11.3 Å². The smallest absolute Gasteiger partial charge is 0.336 e. The van der Waals surface area contributed by atoms with E-state index in [1.165, 1.54) is 17.4 Å². The number of thiazole rings is 1. The molecule has 1 aliphatic heterocycles. The number of hydrogen-bond donors (Lipinski definition) is 3. The largest absolute Gasteiger partial charge is 0.466 e. The number of nitrogens with two attached hydrogens (primary N) is 1. The Bertz CT molecular complexity index is 1540. The summed E-state index contributed by atoms with van der Waals surface area (Å²) in [4.78, 5) is 31.4. The molecule has 212 valence electrons. The van der Waals surface area contributed by atoms with Crippen molar-refractivity contribution in [2.24, 2.45) is 11.1 Å². The highest BCUT2D eigenvalue weighted by atomic mass is 32.2. The number of anilines is 1. The number of esters is 2. The van der Waals surface area contributed by atoms with Gasteiger partial charge < -0.3 is 20.1 Å². The Kier molecular flexibility index (Phi) is 8.62. The fourth-order valence-electron chi connectivity index (χ4n) is 5.09. The molecule has 3 unspecified atom stereocenters. The van der Waals surface area contributed by atoms with Gasteiger partial charge in [-0.1, -0.05) is 48.5 Å². The molecule has 12 heteroatoms. The molecule has 1 aromatic heterocycles. The van der Waals surface area contributed by atoms with Crippen molar-refractivity contribution >= 4 is 38.4 Å². The van der Waals surface area contributed by atoms with Crippen LogP contribution in [0.3, 0.4) is 0 Å². The molecule has 4 N–H and O–H groups in total. The van der Waals surface area contributed by atoms with Gasteiger partial charge in [-0.15, -0.1) is 11.3 Å². The van der Waals surface area contributed by atoms with E-state index in [4.69, 9.17) is 14.6 Å². The van der Waals surface area contributed by atoms with Gasteiger partial charge in [-0.3, -0.25) is 4.79 Å². The summed E-state index contributed by atoms with van der Waals surface area (Å²) in [5.41, 5.74) is 1.23. The van der Waals surface area contributed by atoms with Crippen LogP contribution in [0.2, 0.25) is 0 Å². The number of hydrogen-bond acceptors (Lipinski definition) is 10. The standard InChI is InChI=1S/C28H32N4O6S2/c1-5-37-25(33)22-17(3)31-28(4,24(26(34)38-6-2)23(22)18-12-8-7-9-13-18)32-27-30-20(16-39-27)19-14-10-11-15-21(19)40(29,35)36/h7-16,23-24,31H,5-6H2,1-4H3,(H,30,32)(H2,29,35,36). The third-order valence-corrected chi connectivity index (χ3v) is 8.38. The van der Waals surface area contributed by atoms with Crippen molar-refractivity contribution in [3.05, 3.63) is 76.8 Å². The fourth-order valence-corrected chi connectivity index (χ4v) is 6.66. The Morgan fingerprint density at radius 1 is 1.07 bits per heavy atom. The average Bonchev–Trinajstić information content (AvgIpc) is 3.36. The van der Waals surface area contributed by atoms with Gasteiger partial charge in [0.15, 0.2) is 5.13 Å². The SMILES string of the molecule is CCOC(=O)C1=C(C)NC(C)(Nc2nc(-c3ccccc3S(N)(=O)=O)cs2)C(C(=O)OCC)C1c1ccccc1. The number of allylic oxidation sites excluding steroid dienone is 1. The third kappa shape index (κ3) is 5.88. The van der Waals surface area contributed by atoms with Crippen molar-refractivity contribution in [2.75, 3.05) is 18.5 Å². The molecule has 0 amide bonds. The molecule has 0 aliphatic carbocycles. The quantitative estimate of drug-likeness (QED) is 0.317. The minimum Gasteiger partial charge on any atom is -0.466 e. The van der Waals surface area contributed by atoms with Crippen LogP contribution >= 0.6 is 11.3 Å². The molecule has 3 atom stereocenters. The second-order valence-corrected chi connectivity index (χ2v) is 11.8. The van der Waals surface area contributed by atoms with Gasteiger partial charge in [0.2, 0.25) is 10.0 Å². The van der Waals surface area contributed by atoms with E-state index in [-0.39, 0.29) is 18.1 Å². The zero-order valence-electron chi connectivity index (χ0n) is 22.6. The van der Waals surface area contributed by atoms with Crippen molar-refractivity contribution in [1.82, 2.24) is 10.3 Å². The minimum atomic E-state index is -3.98. The first-order valence-corrected chi connectivity index (χ1v) is 15.2. The maximum atomic E-state index is 13.6. The molecule has 0 fully saturated rings. The molecular weight excluding hydrogens is 552 g/mol. The zero-order valence-corrected chi connectivity index (χ0v) is 24.3. The first kappa shape index (κ1) is 29.2. The summed E-state index contributed by atoms with van der Waals surface area (Å²) < 4.78 is 35.2. The van der Waals surface area contributed by atoms with Crippen LogP contribution in [0.4, 0.5) is 5.13 Å². The lowest BCUT2D eigenvalue weighted by Gasteiger charge is -2.46. The highest BCUT2D eigenvalue weighted by Crippen LogP contribution is 2.45. The van der Waals surface area contributed by atoms with Crippen LogP contribution in [-0.4, -0.2) is 44.2 Å². The van der Waals surface area contributed by atoms with E-state index in [0.717, 1.165) is 5.56 Å². The molecule has 40 heavy (non-hydrogen) atoms. The molecule has 0 saturated carbocycles. The van der Waals surface area contributed by atoms with Crippen LogP contribution in [0.5, 0.6) is 0 Å². The normalized spacial score (nSPS) is 20.9. The van der Waals surface area contributed by atoms with Crippen LogP contribution in [-0.2, 0) is 29.1 Å². The number of ether oxygens (including phenoxy) is 2. The Labute approximate surface area is 237 Å². The van der Waals surface area contributed by atoms with Crippen molar-refractivity contribution in [3.8, 4) is 11.3 Å². The Morgan fingerprint density at radius 2 is 1.73 bits per heavy atom. The van der Waals surface area contributed by atoms with E-state index in [2.05, 4.69) is 15.6 Å². The highest BCUT2D eigenvalue weighted by molar-refractivity contribution is 7.89. The number of primary sulfonamides is 1. The maximum absolute atomic E-state index is 13.6. The summed E-state index contributed by atoms with van der Waals surface area (Å²) in [5.74, 6) is -2.64. The summed E-state index contributed by atoms with van der Waals surface area (Å²) in [6, 6.07) is 15.6. The predicted octanol–water partition coefficient (Wildman–Crippen LogP) is 3.99. The molecule has 1 aliphatic rings. The van der Waals surface area contributed by atoms with Gasteiger partial charge >= 0.3 is 11.9 Å². The van der Waals surface area contributed by atoms with Crippen molar-refractivity contribution in [3.63, 3.8) is 0 Å². The highest BCUT2D eigenvalue weighted by Gasteiger charge is 2.53. The minimum absolute atomic E-state index is 0.0414. The Morgan fingerprint density at radius 3 is 2.38 bits per heavy atom. The van der Waals surface area contributed by atoms with Crippen LogP contribution in [0.15, 0.2) is 76.1 Å². The summed E-state index contributed by atoms with van der Waals surface area (Å²) in [7, 11) is -3.98. The van der Waals surface area contributed by atoms with Crippen LogP contribution < -0.4 is 15.8 Å². The molecule has 2 aromatic carbocycles. The predicted molar refractivity (Wildman–Crippen MR) is 153 cm³/mol. The van der Waals surface area contributed by atoms with Gasteiger partial charge in [-0.2, -0.15) is 0 Å². The van der Waals surface area contributed by atoms with Gasteiger partial charge in [-0.05, 0) is 39.3 Å². The number of sulfonamides is 1. The maximum Gasteiger partial charge on any atom is 0.336 e. The van der Waals surface area contributed by atoms with Crippen molar-refractivity contribution < 1.29 is 27.5 Å². The number of carbonyl (C=O) groups excluding carboxylic acids is 2. The van der Waals surface area contributed by atoms with E-state index in [1.54, 1.807) is 51.3 Å². The van der Waals surface area contributed by atoms with Gasteiger partial charge in [-0.25, -0.2) is 23.3 Å². The van der Waals surface area contributed by atoms with Gasteiger partial charge in [0.1, 0.15) is 11.6 Å². The molecule has 2 heterocycles. The summed E-state index contributed by atoms with van der Waals surface area (Å²) >= 11 is 1.24. The third-order valence-electron chi connectivity index (χ3n) is 6.65. The van der Waals surface area contributed by atoms with Crippen molar-refractivity contribution in [1.29, 1.82) is 0 Å². The number of benzene rings is 2. The van der Waals surface area contributed by atoms with Gasteiger partial charge in [0, 0.05) is 22.6 Å². The van der Waals surface area contributed by atoms with E-state index >= 15 is 0 Å². The molecule has 0 spiro atoms. The van der Waals surface area contributed by atoms with Crippen molar-refractivity contribution in [2.45, 2.75) is 44.2 Å². The Balaban J connectivity index is 1.82. The van der Waals surface area contributed by atoms with Crippen LogP contribution in [0, 0.1) is 5.92 Å². The lowest BCUT2D eigenvalue weighted by molar-refractivity contribution is -0.152. The summed E-state index contributed by atoms with van der Waals surface area (Å²) in [6.07, 6.45) is 0. The number of nitrogens with zero attached hydrogens (tertiary/aromatic N) is 1. The van der Waals surface area contributed by atoms with Gasteiger partial charge in [0.25, 0.3) is 0 Å². The number of rotatable bonds is 9. The molecule has 4 rings (SSSR count). The van der Waals surface area contributed by atoms with E-state index in [1.807, 2.05) is 30.3 Å². The molecule has 10 nitrogen and oxygen atoms in total. The zero-order chi connectivity index (χ0) is 29.1. The number of aromatic nitrogens is 1. The monoisotopic (exact) mass is 584 g/mol. The van der Waals surface area contributed by atoms with Gasteiger partial charge in [0.05, 0.1) is 29.4 Å². The molecule has 0 bridgehead atoms. The first-order chi connectivity index (χ1) is 19.0. The second-order valence-electron chi connectivity index (χ2n) is 9.41. The first-order valence-electron chi connectivity index (χ1n) is 12.7. The van der Waals surface area contributed by atoms with E-state index < -0.39 is 39.5 Å². The molecular formula is C28H32N4O6S2. The molecule has 0 radical (unpaired) electrons. The van der Waals surface area contributed by atoms with Crippen LogP contribution in [0.1, 0.15) is 39.2 Å². The fraction of sp³-hybridized carbons (Fsp3) is 0.321. The number of nitrogens with one attached hydrogen (secondary N) is 2. The average molecular weight is 585 g/mol. The Hall–Kier alpha value is -3.74. The topological polar surface area (TPSA) is 150 Å². The summed E-state index contributed by atoms with van der Waals surface area (Å²) in [6.45, 7) is 7.34. The lowest BCUT2D eigenvalue weighted by atomic mass is 9.71. The lowest BCUT2D eigenvalue weighted by Crippen LogP contribution is -2.62. The van der Waals surface area contributed by atoms with E-state index in [0.29, 0.717) is 27.7 Å². The summed E-state index contributed by atoms with van der Waals surface area (Å²) in [5, 5.41) is 14.2. The van der Waals surface area contributed by atoms with E-state index in [9.17, 15) is 18.0 Å².